The average Bonchev–Trinajstić information content (AvgIpc) is 2.23. The van der Waals surface area contributed by atoms with Gasteiger partial charge in [-0.3, -0.25) is 4.98 Å². The van der Waals surface area contributed by atoms with Crippen LogP contribution >= 0.6 is 15.9 Å². The molecule has 3 heteroatoms. The van der Waals surface area contributed by atoms with Crippen molar-refractivity contribution < 1.29 is 0 Å². The maximum Gasteiger partial charge on any atom is 0.0410 e. The molecular formula is C13H19BrN2. The van der Waals surface area contributed by atoms with Crippen molar-refractivity contribution in [3.05, 3.63) is 28.5 Å². The highest BCUT2D eigenvalue weighted by atomic mass is 79.9. The molecule has 2 nitrogen and oxygen atoms in total. The monoisotopic (exact) mass is 282 g/mol. The third-order valence-corrected chi connectivity index (χ3v) is 4.24. The van der Waals surface area contributed by atoms with Gasteiger partial charge in [-0.1, -0.05) is 19.8 Å². The van der Waals surface area contributed by atoms with Crippen molar-refractivity contribution in [3.63, 3.8) is 0 Å². The summed E-state index contributed by atoms with van der Waals surface area (Å²) < 4.78 is 1.04. The van der Waals surface area contributed by atoms with Crippen LogP contribution < -0.4 is 5.73 Å². The molecule has 0 amide bonds. The van der Waals surface area contributed by atoms with Crippen molar-refractivity contribution in [3.8, 4) is 0 Å². The molecular weight excluding hydrogens is 264 g/mol. The van der Waals surface area contributed by atoms with Crippen LogP contribution in [0, 0.1) is 5.92 Å². The molecule has 0 aromatic carbocycles. The smallest absolute Gasteiger partial charge is 0.0410 e. The predicted octanol–water partition coefficient (Wildman–Crippen LogP) is 3.29. The van der Waals surface area contributed by atoms with E-state index in [4.69, 9.17) is 5.73 Å². The lowest BCUT2D eigenvalue weighted by atomic mass is 9.71. The van der Waals surface area contributed by atoms with Gasteiger partial charge in [0.05, 0.1) is 0 Å². The standard InChI is InChI=1S/C13H19BrN2/c1-10-4-2-3-5-13(10,15)7-11-6-12(14)9-16-8-11/h6,8-10H,2-5,7,15H2,1H3. The molecule has 2 unspecified atom stereocenters. The zero-order valence-electron chi connectivity index (χ0n) is 9.75. The minimum Gasteiger partial charge on any atom is -0.325 e. The normalized spacial score (nSPS) is 30.3. The quantitative estimate of drug-likeness (QED) is 0.904. The number of rotatable bonds is 2. The largest absolute Gasteiger partial charge is 0.325 e. The molecule has 0 radical (unpaired) electrons. The Morgan fingerprint density at radius 2 is 2.31 bits per heavy atom. The second kappa shape index (κ2) is 4.84. The molecule has 1 aromatic heterocycles. The van der Waals surface area contributed by atoms with Crippen LogP contribution in [0.3, 0.4) is 0 Å². The number of hydrogen-bond donors (Lipinski definition) is 1. The summed E-state index contributed by atoms with van der Waals surface area (Å²) in [4.78, 5) is 4.20. The molecule has 1 heterocycles. The first-order valence-corrected chi connectivity index (χ1v) is 6.78. The van der Waals surface area contributed by atoms with Gasteiger partial charge in [0.25, 0.3) is 0 Å². The fourth-order valence-electron chi connectivity index (χ4n) is 2.63. The molecule has 88 valence electrons. The van der Waals surface area contributed by atoms with Crippen molar-refractivity contribution in [1.29, 1.82) is 0 Å². The lowest BCUT2D eigenvalue weighted by Crippen LogP contribution is -2.49. The SMILES string of the molecule is CC1CCCCC1(N)Cc1cncc(Br)c1. The van der Waals surface area contributed by atoms with Crippen LogP contribution in [-0.2, 0) is 6.42 Å². The Balaban J connectivity index is 2.13. The van der Waals surface area contributed by atoms with Crippen LogP contribution in [0.1, 0.15) is 38.2 Å². The van der Waals surface area contributed by atoms with Crippen LogP contribution in [0.15, 0.2) is 22.9 Å². The minimum absolute atomic E-state index is 0.0271. The fraction of sp³-hybridized carbons (Fsp3) is 0.615. The molecule has 1 aromatic rings. The van der Waals surface area contributed by atoms with Gasteiger partial charge in [0.15, 0.2) is 0 Å². The third-order valence-electron chi connectivity index (χ3n) is 3.81. The maximum absolute atomic E-state index is 6.54. The van der Waals surface area contributed by atoms with Crippen LogP contribution in [0.25, 0.3) is 0 Å². The number of halogens is 1. The second-order valence-corrected chi connectivity index (χ2v) is 5.98. The van der Waals surface area contributed by atoms with E-state index in [0.29, 0.717) is 5.92 Å². The Kier molecular flexibility index (Phi) is 3.65. The Hall–Kier alpha value is -0.410. The first kappa shape index (κ1) is 12.1. The first-order valence-electron chi connectivity index (χ1n) is 5.98. The van der Waals surface area contributed by atoms with Crippen molar-refractivity contribution in [2.75, 3.05) is 0 Å². The molecule has 2 N–H and O–H groups in total. The van der Waals surface area contributed by atoms with E-state index in [1.54, 1.807) is 0 Å². The summed E-state index contributed by atoms with van der Waals surface area (Å²) in [7, 11) is 0. The van der Waals surface area contributed by atoms with Gasteiger partial charge in [-0.2, -0.15) is 0 Å². The summed E-state index contributed by atoms with van der Waals surface area (Å²) in [6.45, 7) is 2.28. The van der Waals surface area contributed by atoms with Gasteiger partial charge >= 0.3 is 0 Å². The summed E-state index contributed by atoms with van der Waals surface area (Å²) in [5.41, 5.74) is 7.76. The molecule has 1 saturated carbocycles. The van der Waals surface area contributed by atoms with Crippen molar-refractivity contribution in [2.24, 2.45) is 11.7 Å². The van der Waals surface area contributed by atoms with E-state index in [0.717, 1.165) is 17.3 Å². The van der Waals surface area contributed by atoms with Crippen LogP contribution in [0.5, 0.6) is 0 Å². The topological polar surface area (TPSA) is 38.9 Å². The Bertz CT molecular complexity index is 367. The van der Waals surface area contributed by atoms with Gasteiger partial charge in [0.1, 0.15) is 0 Å². The van der Waals surface area contributed by atoms with Gasteiger partial charge in [-0.05, 0) is 52.7 Å². The van der Waals surface area contributed by atoms with Crippen LogP contribution in [0.4, 0.5) is 0 Å². The summed E-state index contributed by atoms with van der Waals surface area (Å²) in [6.07, 6.45) is 9.69. The summed E-state index contributed by atoms with van der Waals surface area (Å²) in [5, 5.41) is 0. The molecule has 2 atom stereocenters. The van der Waals surface area contributed by atoms with E-state index in [-0.39, 0.29) is 5.54 Å². The highest BCUT2D eigenvalue weighted by molar-refractivity contribution is 9.10. The molecule has 0 saturated heterocycles. The van der Waals surface area contributed by atoms with E-state index in [1.165, 1.54) is 24.8 Å². The summed E-state index contributed by atoms with van der Waals surface area (Å²) >= 11 is 3.46. The van der Waals surface area contributed by atoms with E-state index in [1.807, 2.05) is 12.4 Å². The van der Waals surface area contributed by atoms with Crippen molar-refractivity contribution in [1.82, 2.24) is 4.98 Å². The Morgan fingerprint density at radius 3 is 3.00 bits per heavy atom. The zero-order valence-corrected chi connectivity index (χ0v) is 11.3. The first-order chi connectivity index (χ1) is 7.60. The number of hydrogen-bond acceptors (Lipinski definition) is 2. The van der Waals surface area contributed by atoms with E-state index in [9.17, 15) is 0 Å². The molecule has 1 aliphatic rings. The van der Waals surface area contributed by atoms with E-state index >= 15 is 0 Å². The van der Waals surface area contributed by atoms with Gasteiger partial charge in [-0.25, -0.2) is 0 Å². The number of nitrogens with two attached hydrogens (primary N) is 1. The molecule has 2 rings (SSSR count). The molecule has 1 aliphatic carbocycles. The highest BCUT2D eigenvalue weighted by Gasteiger charge is 2.34. The van der Waals surface area contributed by atoms with Crippen molar-refractivity contribution >= 4 is 15.9 Å². The highest BCUT2D eigenvalue weighted by Crippen LogP contribution is 2.34. The molecule has 0 bridgehead atoms. The lowest BCUT2D eigenvalue weighted by molar-refractivity contribution is 0.204. The average molecular weight is 283 g/mol. The molecule has 0 spiro atoms. The summed E-state index contributed by atoms with van der Waals surface area (Å²) in [5.74, 6) is 0.611. The Labute approximate surface area is 106 Å². The lowest BCUT2D eigenvalue weighted by Gasteiger charge is -2.39. The predicted molar refractivity (Wildman–Crippen MR) is 70.2 cm³/mol. The van der Waals surface area contributed by atoms with Gasteiger partial charge < -0.3 is 5.73 Å². The van der Waals surface area contributed by atoms with Gasteiger partial charge in [-0.15, -0.1) is 0 Å². The molecule has 0 aliphatic heterocycles. The zero-order chi connectivity index (χ0) is 11.6. The van der Waals surface area contributed by atoms with E-state index in [2.05, 4.69) is 33.9 Å². The third kappa shape index (κ3) is 2.64. The van der Waals surface area contributed by atoms with Crippen molar-refractivity contribution in [2.45, 2.75) is 44.6 Å². The van der Waals surface area contributed by atoms with Gasteiger partial charge in [0.2, 0.25) is 0 Å². The maximum atomic E-state index is 6.54. The number of nitrogens with zero attached hydrogens (tertiary/aromatic N) is 1. The number of aromatic nitrogens is 1. The number of pyridine rings is 1. The Morgan fingerprint density at radius 1 is 1.50 bits per heavy atom. The fourth-order valence-corrected chi connectivity index (χ4v) is 3.05. The van der Waals surface area contributed by atoms with Crippen LogP contribution in [-0.4, -0.2) is 10.5 Å². The second-order valence-electron chi connectivity index (χ2n) is 5.07. The summed E-state index contributed by atoms with van der Waals surface area (Å²) in [6, 6.07) is 2.13. The minimum atomic E-state index is -0.0271. The molecule has 16 heavy (non-hydrogen) atoms. The van der Waals surface area contributed by atoms with E-state index < -0.39 is 0 Å². The molecule has 1 fully saturated rings. The van der Waals surface area contributed by atoms with Crippen LogP contribution in [0.2, 0.25) is 0 Å². The van der Waals surface area contributed by atoms with Gasteiger partial charge in [0, 0.05) is 22.4 Å².